The topological polar surface area (TPSA) is 29.5 Å². The van der Waals surface area contributed by atoms with Crippen LogP contribution in [-0.4, -0.2) is 22.1 Å². The van der Waals surface area contributed by atoms with Crippen LogP contribution >= 0.6 is 0 Å². The first kappa shape index (κ1) is 21.4. The standard InChI is InChI=1S/C25H39NO2/c1-6-8-19-9-11-20(12-10-19)21-13-15-22(16-14-21)23(27)28-26-24(2,3)17-7-18-25(26,4)5/h13-16,19-20H,6-12,17-18H2,1-5H3. The van der Waals surface area contributed by atoms with Gasteiger partial charge in [0.15, 0.2) is 0 Å². The van der Waals surface area contributed by atoms with Gasteiger partial charge in [-0.1, -0.05) is 31.9 Å². The number of rotatable bonds is 5. The Morgan fingerprint density at radius 2 is 1.57 bits per heavy atom. The van der Waals surface area contributed by atoms with Gasteiger partial charge in [-0.25, -0.2) is 4.79 Å². The number of carbonyl (C=O) groups excluding carboxylic acids is 1. The Labute approximate surface area is 171 Å². The summed E-state index contributed by atoms with van der Waals surface area (Å²) >= 11 is 0. The average molecular weight is 386 g/mol. The van der Waals surface area contributed by atoms with E-state index in [1.165, 1.54) is 50.5 Å². The molecular formula is C25H39NO2. The SMILES string of the molecule is CCCC1CCC(c2ccc(C(=O)ON3C(C)(C)CCCC3(C)C)cc2)CC1. The lowest BCUT2D eigenvalue weighted by molar-refractivity contribution is -0.240. The van der Waals surface area contributed by atoms with E-state index in [0.717, 1.165) is 18.8 Å². The molecule has 3 rings (SSSR count). The lowest BCUT2D eigenvalue weighted by Gasteiger charge is -2.50. The van der Waals surface area contributed by atoms with Crippen LogP contribution in [0, 0.1) is 5.92 Å². The van der Waals surface area contributed by atoms with Gasteiger partial charge < -0.3 is 4.84 Å². The largest absolute Gasteiger partial charge is 0.363 e. The van der Waals surface area contributed by atoms with E-state index in [1.807, 2.05) is 17.2 Å². The summed E-state index contributed by atoms with van der Waals surface area (Å²) in [6.45, 7) is 11.0. The number of hydroxylamine groups is 2. The summed E-state index contributed by atoms with van der Waals surface area (Å²) in [5.41, 5.74) is 1.77. The molecule has 3 nitrogen and oxygen atoms in total. The summed E-state index contributed by atoms with van der Waals surface area (Å²) in [5.74, 6) is 1.34. The molecule has 0 bridgehead atoms. The predicted molar refractivity (Wildman–Crippen MR) is 115 cm³/mol. The van der Waals surface area contributed by atoms with Crippen LogP contribution in [0.1, 0.15) is 114 Å². The zero-order chi connectivity index (χ0) is 20.4. The molecule has 0 N–H and O–H groups in total. The van der Waals surface area contributed by atoms with E-state index < -0.39 is 0 Å². The van der Waals surface area contributed by atoms with Crippen LogP contribution < -0.4 is 0 Å². The maximum atomic E-state index is 12.8. The molecule has 1 aromatic rings. The fourth-order valence-electron chi connectivity index (χ4n) is 5.44. The van der Waals surface area contributed by atoms with E-state index in [0.29, 0.717) is 11.5 Å². The van der Waals surface area contributed by atoms with Gasteiger partial charge in [0.25, 0.3) is 0 Å². The van der Waals surface area contributed by atoms with E-state index in [-0.39, 0.29) is 17.0 Å². The van der Waals surface area contributed by atoms with E-state index in [9.17, 15) is 4.79 Å². The van der Waals surface area contributed by atoms with Gasteiger partial charge >= 0.3 is 5.97 Å². The Kier molecular flexibility index (Phi) is 6.54. The molecule has 1 saturated carbocycles. The van der Waals surface area contributed by atoms with E-state index >= 15 is 0 Å². The molecule has 0 spiro atoms. The molecule has 0 atom stereocenters. The highest BCUT2D eigenvalue weighted by molar-refractivity contribution is 5.89. The van der Waals surface area contributed by atoms with Gasteiger partial charge in [-0.2, -0.15) is 0 Å². The molecule has 28 heavy (non-hydrogen) atoms. The van der Waals surface area contributed by atoms with Crippen LogP contribution in [-0.2, 0) is 4.84 Å². The van der Waals surface area contributed by atoms with Crippen molar-refractivity contribution >= 4 is 5.97 Å². The Morgan fingerprint density at radius 1 is 1.00 bits per heavy atom. The molecule has 3 heteroatoms. The summed E-state index contributed by atoms with van der Waals surface area (Å²) in [7, 11) is 0. The summed E-state index contributed by atoms with van der Waals surface area (Å²) in [5, 5.41) is 1.94. The summed E-state index contributed by atoms with van der Waals surface area (Å²) in [6.07, 6.45) is 11.2. The zero-order valence-electron chi connectivity index (χ0n) is 18.6. The van der Waals surface area contributed by atoms with Gasteiger partial charge in [0.2, 0.25) is 0 Å². The number of benzene rings is 1. The van der Waals surface area contributed by atoms with Crippen LogP contribution in [0.15, 0.2) is 24.3 Å². The molecule has 0 radical (unpaired) electrons. The second-order valence-electron chi connectivity index (χ2n) is 10.3. The first-order chi connectivity index (χ1) is 13.2. The van der Waals surface area contributed by atoms with Crippen LogP contribution in [0.5, 0.6) is 0 Å². The van der Waals surface area contributed by atoms with E-state index in [1.54, 1.807) is 0 Å². The number of nitrogens with zero attached hydrogens (tertiary/aromatic N) is 1. The normalized spacial score (nSPS) is 27.3. The number of piperidine rings is 1. The first-order valence-corrected chi connectivity index (χ1v) is 11.4. The molecule has 1 aromatic carbocycles. The van der Waals surface area contributed by atoms with Crippen molar-refractivity contribution in [2.24, 2.45) is 5.92 Å². The Hall–Kier alpha value is -1.35. The minimum absolute atomic E-state index is 0.130. The lowest BCUT2D eigenvalue weighted by atomic mass is 9.77. The molecule has 1 saturated heterocycles. The van der Waals surface area contributed by atoms with Gasteiger partial charge in [0.05, 0.1) is 16.6 Å². The monoisotopic (exact) mass is 385 g/mol. The van der Waals surface area contributed by atoms with Crippen molar-refractivity contribution in [3.8, 4) is 0 Å². The molecule has 156 valence electrons. The van der Waals surface area contributed by atoms with Crippen LogP contribution in [0.4, 0.5) is 0 Å². The third kappa shape index (κ3) is 4.79. The smallest absolute Gasteiger partial charge is 0.357 e. The number of hydrogen-bond acceptors (Lipinski definition) is 3. The molecule has 1 aliphatic heterocycles. The maximum absolute atomic E-state index is 12.8. The van der Waals surface area contributed by atoms with E-state index in [4.69, 9.17) is 4.84 Å². The third-order valence-electron chi connectivity index (χ3n) is 7.01. The second-order valence-corrected chi connectivity index (χ2v) is 10.3. The quantitative estimate of drug-likeness (QED) is 0.553. The average Bonchev–Trinajstić information content (AvgIpc) is 2.65. The zero-order valence-corrected chi connectivity index (χ0v) is 18.6. The Balaban J connectivity index is 1.62. The van der Waals surface area contributed by atoms with E-state index in [2.05, 4.69) is 46.8 Å². The van der Waals surface area contributed by atoms with Gasteiger partial charge in [0, 0.05) is 0 Å². The van der Waals surface area contributed by atoms with Crippen molar-refractivity contribution in [1.82, 2.24) is 5.06 Å². The van der Waals surface area contributed by atoms with Crippen molar-refractivity contribution < 1.29 is 9.63 Å². The Bertz CT molecular complexity index is 638. The second kappa shape index (κ2) is 8.57. The van der Waals surface area contributed by atoms with Gasteiger partial charge in [-0.15, -0.1) is 5.06 Å². The number of carbonyl (C=O) groups is 1. The van der Waals surface area contributed by atoms with Crippen molar-refractivity contribution in [3.63, 3.8) is 0 Å². The van der Waals surface area contributed by atoms with Crippen molar-refractivity contribution in [1.29, 1.82) is 0 Å². The maximum Gasteiger partial charge on any atom is 0.357 e. The Morgan fingerprint density at radius 3 is 2.11 bits per heavy atom. The molecule has 0 amide bonds. The van der Waals surface area contributed by atoms with Gasteiger partial charge in [0.1, 0.15) is 0 Å². The van der Waals surface area contributed by atoms with Crippen molar-refractivity contribution in [3.05, 3.63) is 35.4 Å². The fourth-order valence-corrected chi connectivity index (χ4v) is 5.44. The number of hydrogen-bond donors (Lipinski definition) is 0. The molecule has 2 fully saturated rings. The molecule has 0 aromatic heterocycles. The summed E-state index contributed by atoms with van der Waals surface area (Å²) in [4.78, 5) is 18.8. The molecule has 2 aliphatic rings. The van der Waals surface area contributed by atoms with Crippen molar-refractivity contribution in [2.75, 3.05) is 0 Å². The fraction of sp³-hybridized carbons (Fsp3) is 0.720. The summed E-state index contributed by atoms with van der Waals surface area (Å²) < 4.78 is 0. The third-order valence-corrected chi connectivity index (χ3v) is 7.01. The molecular weight excluding hydrogens is 346 g/mol. The highest BCUT2D eigenvalue weighted by atomic mass is 16.7. The minimum atomic E-state index is -0.235. The highest BCUT2D eigenvalue weighted by Crippen LogP contribution is 2.39. The van der Waals surface area contributed by atoms with Gasteiger partial charge in [-0.3, -0.25) is 0 Å². The lowest BCUT2D eigenvalue weighted by Crippen LogP contribution is -2.58. The van der Waals surface area contributed by atoms with Crippen LogP contribution in [0.2, 0.25) is 0 Å². The molecule has 1 heterocycles. The minimum Gasteiger partial charge on any atom is -0.363 e. The summed E-state index contributed by atoms with van der Waals surface area (Å²) in [6, 6.07) is 8.21. The van der Waals surface area contributed by atoms with Crippen LogP contribution in [0.3, 0.4) is 0 Å². The van der Waals surface area contributed by atoms with Crippen LogP contribution in [0.25, 0.3) is 0 Å². The molecule has 1 aliphatic carbocycles. The highest BCUT2D eigenvalue weighted by Gasteiger charge is 2.44. The van der Waals surface area contributed by atoms with Crippen molar-refractivity contribution in [2.45, 2.75) is 109 Å². The molecule has 0 unspecified atom stereocenters. The van der Waals surface area contributed by atoms with Gasteiger partial charge in [-0.05, 0) is 102 Å². The predicted octanol–water partition coefficient (Wildman–Crippen LogP) is 6.88. The first-order valence-electron chi connectivity index (χ1n) is 11.4.